The molecule has 106 valence electrons. The normalized spacial score (nSPS) is 24.3. The van der Waals surface area contributed by atoms with Gasteiger partial charge in [0.15, 0.2) is 0 Å². The van der Waals surface area contributed by atoms with Gasteiger partial charge in [0.2, 0.25) is 10.0 Å². The van der Waals surface area contributed by atoms with Crippen LogP contribution in [0.2, 0.25) is 5.02 Å². The van der Waals surface area contributed by atoms with Crippen LogP contribution in [0, 0.1) is 0 Å². The smallest absolute Gasteiger partial charge is 0.242 e. The van der Waals surface area contributed by atoms with Gasteiger partial charge in [-0.15, -0.1) is 0 Å². The fraction of sp³-hybridized carbons (Fsp3) is 0.500. The third-order valence-corrected chi connectivity index (χ3v) is 5.25. The molecule has 7 heteroatoms. The van der Waals surface area contributed by atoms with Crippen molar-refractivity contribution in [1.82, 2.24) is 4.72 Å². The lowest BCUT2D eigenvalue weighted by Crippen LogP contribution is -2.45. The van der Waals surface area contributed by atoms with E-state index in [0.717, 1.165) is 12.8 Å². The van der Waals surface area contributed by atoms with E-state index in [1.165, 1.54) is 18.2 Å². The molecule has 0 heterocycles. The Morgan fingerprint density at radius 3 is 2.63 bits per heavy atom. The van der Waals surface area contributed by atoms with Gasteiger partial charge < -0.3 is 10.8 Å². The number of anilines is 1. The number of rotatable bonds is 3. The number of aliphatic hydroxyl groups is 1. The molecule has 0 radical (unpaired) electrons. The summed E-state index contributed by atoms with van der Waals surface area (Å²) in [6, 6.07) is 3.80. The fourth-order valence-corrected chi connectivity index (χ4v) is 4.10. The number of nitrogen functional groups attached to an aromatic ring is 1. The average Bonchev–Trinajstić information content (AvgIpc) is 2.31. The van der Waals surface area contributed by atoms with Gasteiger partial charge in [-0.1, -0.05) is 24.4 Å². The van der Waals surface area contributed by atoms with Gasteiger partial charge in [-0.3, -0.25) is 0 Å². The van der Waals surface area contributed by atoms with Crippen LogP contribution >= 0.6 is 11.6 Å². The molecule has 0 aromatic heterocycles. The lowest BCUT2D eigenvalue weighted by molar-refractivity contribution is 0.101. The summed E-state index contributed by atoms with van der Waals surface area (Å²) in [5.74, 6) is 0. The number of nitrogens with one attached hydrogen (secondary N) is 1. The summed E-state index contributed by atoms with van der Waals surface area (Å²) in [7, 11) is -3.74. The number of hydrogen-bond acceptors (Lipinski definition) is 4. The number of nitrogens with two attached hydrogens (primary N) is 1. The summed E-state index contributed by atoms with van der Waals surface area (Å²) in [4.78, 5) is -0.0128. The lowest BCUT2D eigenvalue weighted by Gasteiger charge is -2.28. The third-order valence-electron chi connectivity index (χ3n) is 3.28. The Hall–Kier alpha value is -0.820. The van der Waals surface area contributed by atoms with Gasteiger partial charge in [-0.25, -0.2) is 13.1 Å². The highest BCUT2D eigenvalue weighted by Gasteiger charge is 2.29. The zero-order valence-electron chi connectivity index (χ0n) is 10.3. The summed E-state index contributed by atoms with van der Waals surface area (Å²) in [5.41, 5.74) is 5.94. The molecule has 2 rings (SSSR count). The molecule has 1 aromatic rings. The van der Waals surface area contributed by atoms with E-state index in [1.54, 1.807) is 0 Å². The van der Waals surface area contributed by atoms with Gasteiger partial charge in [0, 0.05) is 11.7 Å². The highest BCUT2D eigenvalue weighted by atomic mass is 35.5. The Bertz CT molecular complexity index is 562. The minimum Gasteiger partial charge on any atom is -0.399 e. The molecule has 0 aliphatic heterocycles. The Labute approximate surface area is 117 Å². The van der Waals surface area contributed by atoms with Crippen molar-refractivity contribution in [3.63, 3.8) is 0 Å². The SMILES string of the molecule is Nc1ccc(S(=O)(=O)NC2CCCCC2O)c(Cl)c1. The maximum Gasteiger partial charge on any atom is 0.242 e. The standard InChI is InChI=1S/C12H17ClN2O3S/c13-9-7-8(14)5-6-12(9)19(17,18)15-10-3-1-2-4-11(10)16/h5-7,10-11,15-16H,1-4,14H2. The van der Waals surface area contributed by atoms with Crippen molar-refractivity contribution in [3.05, 3.63) is 23.2 Å². The van der Waals surface area contributed by atoms with E-state index < -0.39 is 22.2 Å². The van der Waals surface area contributed by atoms with Crippen molar-refractivity contribution in [1.29, 1.82) is 0 Å². The third kappa shape index (κ3) is 3.39. The van der Waals surface area contributed by atoms with Gasteiger partial charge in [0.05, 0.1) is 11.1 Å². The van der Waals surface area contributed by atoms with Crippen molar-refractivity contribution in [2.24, 2.45) is 0 Å². The summed E-state index contributed by atoms with van der Waals surface area (Å²) in [6.45, 7) is 0. The molecular weight excluding hydrogens is 288 g/mol. The minimum absolute atomic E-state index is 0.0128. The molecule has 1 aromatic carbocycles. The summed E-state index contributed by atoms with van der Waals surface area (Å²) in [5, 5.41) is 9.89. The van der Waals surface area contributed by atoms with Crippen LogP contribution in [0.25, 0.3) is 0 Å². The number of halogens is 1. The van der Waals surface area contributed by atoms with E-state index in [9.17, 15) is 13.5 Å². The Balaban J connectivity index is 2.22. The Kier molecular flexibility index (Phi) is 4.35. The minimum atomic E-state index is -3.74. The van der Waals surface area contributed by atoms with Crippen molar-refractivity contribution in [3.8, 4) is 0 Å². The molecule has 1 aliphatic rings. The van der Waals surface area contributed by atoms with E-state index in [1.807, 2.05) is 0 Å². The van der Waals surface area contributed by atoms with Crippen molar-refractivity contribution >= 4 is 27.3 Å². The predicted molar refractivity (Wildman–Crippen MR) is 74.4 cm³/mol. The summed E-state index contributed by atoms with van der Waals surface area (Å²) in [6.07, 6.45) is 2.42. The van der Waals surface area contributed by atoms with Gasteiger partial charge in [0.1, 0.15) is 4.90 Å². The number of benzene rings is 1. The zero-order valence-corrected chi connectivity index (χ0v) is 11.9. The van der Waals surface area contributed by atoms with Crippen LogP contribution in [-0.4, -0.2) is 25.7 Å². The van der Waals surface area contributed by atoms with Crippen molar-refractivity contribution in [2.45, 2.75) is 42.7 Å². The molecule has 2 atom stereocenters. The molecule has 1 fully saturated rings. The molecule has 19 heavy (non-hydrogen) atoms. The van der Waals surface area contributed by atoms with Crippen LogP contribution in [0.5, 0.6) is 0 Å². The van der Waals surface area contributed by atoms with E-state index in [-0.39, 0.29) is 9.92 Å². The first kappa shape index (κ1) is 14.6. The highest BCUT2D eigenvalue weighted by Crippen LogP contribution is 2.26. The molecule has 2 unspecified atom stereocenters. The molecular formula is C12H17ClN2O3S. The largest absolute Gasteiger partial charge is 0.399 e. The average molecular weight is 305 g/mol. The van der Waals surface area contributed by atoms with Crippen molar-refractivity contribution < 1.29 is 13.5 Å². The second kappa shape index (κ2) is 5.66. The highest BCUT2D eigenvalue weighted by molar-refractivity contribution is 7.89. The first-order valence-corrected chi connectivity index (χ1v) is 8.02. The van der Waals surface area contributed by atoms with Gasteiger partial charge >= 0.3 is 0 Å². The number of sulfonamides is 1. The topological polar surface area (TPSA) is 92.4 Å². The molecule has 0 bridgehead atoms. The molecule has 4 N–H and O–H groups in total. The molecule has 1 aliphatic carbocycles. The van der Waals surface area contributed by atoms with Gasteiger partial charge in [-0.05, 0) is 31.0 Å². The molecule has 5 nitrogen and oxygen atoms in total. The Morgan fingerprint density at radius 2 is 2.00 bits per heavy atom. The fourth-order valence-electron chi connectivity index (χ4n) is 2.25. The lowest BCUT2D eigenvalue weighted by atomic mass is 9.93. The predicted octanol–water partition coefficient (Wildman–Crippen LogP) is 1.50. The van der Waals surface area contributed by atoms with Crippen LogP contribution in [0.15, 0.2) is 23.1 Å². The molecule has 0 amide bonds. The molecule has 0 saturated heterocycles. The number of hydrogen-bond donors (Lipinski definition) is 3. The van der Waals surface area contributed by atoms with Crippen LogP contribution in [0.1, 0.15) is 25.7 Å². The van der Waals surface area contributed by atoms with Crippen LogP contribution in [-0.2, 0) is 10.0 Å². The van der Waals surface area contributed by atoms with Crippen molar-refractivity contribution in [2.75, 3.05) is 5.73 Å². The van der Waals surface area contributed by atoms with Crippen LogP contribution < -0.4 is 10.5 Å². The quantitative estimate of drug-likeness (QED) is 0.738. The zero-order chi connectivity index (χ0) is 14.0. The monoisotopic (exact) mass is 304 g/mol. The molecule has 1 saturated carbocycles. The summed E-state index contributed by atoms with van der Waals surface area (Å²) >= 11 is 5.91. The second-order valence-electron chi connectivity index (χ2n) is 4.77. The Morgan fingerprint density at radius 1 is 1.32 bits per heavy atom. The van der Waals surface area contributed by atoms with Crippen LogP contribution in [0.3, 0.4) is 0 Å². The number of aliphatic hydroxyl groups excluding tert-OH is 1. The van der Waals surface area contributed by atoms with E-state index in [4.69, 9.17) is 17.3 Å². The van der Waals surface area contributed by atoms with E-state index in [0.29, 0.717) is 18.5 Å². The summed E-state index contributed by atoms with van der Waals surface area (Å²) < 4.78 is 27.0. The van der Waals surface area contributed by atoms with Gasteiger partial charge in [-0.2, -0.15) is 0 Å². The first-order valence-electron chi connectivity index (χ1n) is 6.15. The van der Waals surface area contributed by atoms with E-state index in [2.05, 4.69) is 4.72 Å². The van der Waals surface area contributed by atoms with Gasteiger partial charge in [0.25, 0.3) is 0 Å². The molecule has 0 spiro atoms. The second-order valence-corrected chi connectivity index (χ2v) is 6.86. The first-order chi connectivity index (χ1) is 8.90. The van der Waals surface area contributed by atoms with Crippen LogP contribution in [0.4, 0.5) is 5.69 Å². The maximum atomic E-state index is 12.2. The maximum absolute atomic E-state index is 12.2. The van der Waals surface area contributed by atoms with E-state index >= 15 is 0 Å².